The van der Waals surface area contributed by atoms with Gasteiger partial charge in [0.05, 0.1) is 12.3 Å². The molecule has 1 aliphatic rings. The molecule has 6 nitrogen and oxygen atoms in total. The second kappa shape index (κ2) is 7.19. The topological polar surface area (TPSA) is 66.2 Å². The summed E-state index contributed by atoms with van der Waals surface area (Å²) >= 11 is 0. The lowest BCUT2D eigenvalue weighted by atomic mass is 10.0. The summed E-state index contributed by atoms with van der Waals surface area (Å²) in [5, 5.41) is 8.10. The molecule has 2 heterocycles. The second-order valence-corrected chi connectivity index (χ2v) is 6.17. The number of hydrogen-bond donors (Lipinski definition) is 0. The molecule has 1 aliphatic heterocycles. The number of halogens is 1. The Labute approximate surface area is 155 Å². The highest BCUT2D eigenvalue weighted by molar-refractivity contribution is 5.86. The third kappa shape index (κ3) is 3.28. The number of ether oxygens (including phenoxy) is 2. The van der Waals surface area contributed by atoms with Gasteiger partial charge in [-0.2, -0.15) is 0 Å². The van der Waals surface area contributed by atoms with Gasteiger partial charge in [0.15, 0.2) is 0 Å². The van der Waals surface area contributed by atoms with Crippen LogP contribution in [0.3, 0.4) is 0 Å². The van der Waals surface area contributed by atoms with Crippen LogP contribution in [0.5, 0.6) is 5.75 Å². The monoisotopic (exact) mass is 367 g/mol. The van der Waals surface area contributed by atoms with Crippen molar-refractivity contribution in [2.75, 3.05) is 6.61 Å². The fraction of sp³-hybridized carbons (Fsp3) is 0.250. The lowest BCUT2D eigenvalue weighted by Gasteiger charge is -2.20. The molecular formula is C20H18FN3O3. The summed E-state index contributed by atoms with van der Waals surface area (Å²) in [5.74, 6) is 0.761. The molecule has 0 amide bonds. The van der Waals surface area contributed by atoms with Crippen LogP contribution in [0.2, 0.25) is 0 Å². The first-order valence-electron chi connectivity index (χ1n) is 8.78. The van der Waals surface area contributed by atoms with E-state index in [0.717, 1.165) is 23.5 Å². The van der Waals surface area contributed by atoms with E-state index in [1.807, 2.05) is 12.1 Å². The molecular weight excluding hydrogens is 349 g/mol. The average Bonchev–Trinajstić information content (AvgIpc) is 3.12. The van der Waals surface area contributed by atoms with Gasteiger partial charge in [-0.15, -0.1) is 10.2 Å². The largest absolute Gasteiger partial charge is 0.489 e. The van der Waals surface area contributed by atoms with E-state index < -0.39 is 5.97 Å². The Morgan fingerprint density at radius 2 is 2.04 bits per heavy atom. The predicted octanol–water partition coefficient (Wildman–Crippen LogP) is 3.26. The van der Waals surface area contributed by atoms with Crippen LogP contribution in [0.1, 0.15) is 34.5 Å². The summed E-state index contributed by atoms with van der Waals surface area (Å²) < 4.78 is 26.3. The fourth-order valence-corrected chi connectivity index (χ4v) is 3.15. The van der Waals surface area contributed by atoms with Crippen molar-refractivity contribution >= 4 is 5.97 Å². The highest BCUT2D eigenvalue weighted by Gasteiger charge is 2.26. The van der Waals surface area contributed by atoms with Gasteiger partial charge >= 0.3 is 5.97 Å². The molecule has 0 N–H and O–H groups in total. The van der Waals surface area contributed by atoms with Crippen molar-refractivity contribution in [1.82, 2.24) is 14.8 Å². The van der Waals surface area contributed by atoms with Gasteiger partial charge in [-0.1, -0.05) is 18.2 Å². The first-order chi connectivity index (χ1) is 13.2. The maximum atomic E-state index is 13.7. The summed E-state index contributed by atoms with van der Waals surface area (Å²) in [6, 6.07) is 12.1. The maximum Gasteiger partial charge on any atom is 0.376 e. The van der Waals surface area contributed by atoms with Crippen LogP contribution in [0, 0.1) is 5.82 Å². The number of aryl methyl sites for hydroxylation is 2. The minimum atomic E-state index is -0.496. The van der Waals surface area contributed by atoms with Gasteiger partial charge in [0, 0.05) is 12.0 Å². The van der Waals surface area contributed by atoms with Crippen LogP contribution < -0.4 is 4.74 Å². The zero-order valence-corrected chi connectivity index (χ0v) is 14.8. The van der Waals surface area contributed by atoms with Crippen molar-refractivity contribution in [3.8, 4) is 11.4 Å². The van der Waals surface area contributed by atoms with Crippen molar-refractivity contribution in [2.45, 2.75) is 26.4 Å². The van der Waals surface area contributed by atoms with E-state index in [4.69, 9.17) is 9.47 Å². The van der Waals surface area contributed by atoms with E-state index in [0.29, 0.717) is 17.7 Å². The number of carbonyl (C=O) groups is 1. The standard InChI is InChI=1S/C20H18FN3O3/c1-2-26-20(25)19-23-22-18-10-7-13-11-15(8-9-17(13)24(18)19)27-12-14-5-3-4-6-16(14)21/h3-6,8-9,11H,2,7,10,12H2,1H3. The van der Waals surface area contributed by atoms with Crippen LogP contribution in [-0.4, -0.2) is 27.3 Å². The van der Waals surface area contributed by atoms with Crippen molar-refractivity contribution in [3.63, 3.8) is 0 Å². The summed E-state index contributed by atoms with van der Waals surface area (Å²) in [5.41, 5.74) is 2.35. The van der Waals surface area contributed by atoms with E-state index in [9.17, 15) is 9.18 Å². The van der Waals surface area contributed by atoms with Crippen LogP contribution in [0.4, 0.5) is 4.39 Å². The number of rotatable bonds is 5. The Hall–Kier alpha value is -3.22. The summed E-state index contributed by atoms with van der Waals surface area (Å²) in [6.07, 6.45) is 1.42. The third-order valence-corrected chi connectivity index (χ3v) is 4.45. The quantitative estimate of drug-likeness (QED) is 0.648. The minimum Gasteiger partial charge on any atom is -0.489 e. The molecule has 1 aromatic heterocycles. The molecule has 0 atom stereocenters. The van der Waals surface area contributed by atoms with Crippen molar-refractivity contribution < 1.29 is 18.7 Å². The summed E-state index contributed by atoms with van der Waals surface area (Å²) in [4.78, 5) is 12.1. The van der Waals surface area contributed by atoms with Crippen molar-refractivity contribution in [3.05, 3.63) is 71.1 Å². The highest BCUT2D eigenvalue weighted by atomic mass is 19.1. The maximum absolute atomic E-state index is 13.7. The Morgan fingerprint density at radius 3 is 2.85 bits per heavy atom. The van der Waals surface area contributed by atoms with Gasteiger partial charge in [0.25, 0.3) is 0 Å². The lowest BCUT2D eigenvalue weighted by molar-refractivity contribution is 0.0509. The number of nitrogens with zero attached hydrogens (tertiary/aromatic N) is 3. The van der Waals surface area contributed by atoms with Gasteiger partial charge in [-0.3, -0.25) is 4.57 Å². The predicted molar refractivity (Wildman–Crippen MR) is 95.5 cm³/mol. The molecule has 0 fully saturated rings. The molecule has 27 heavy (non-hydrogen) atoms. The molecule has 0 aliphatic carbocycles. The van der Waals surface area contributed by atoms with Gasteiger partial charge in [-0.25, -0.2) is 9.18 Å². The van der Waals surface area contributed by atoms with Crippen molar-refractivity contribution in [2.24, 2.45) is 0 Å². The number of benzene rings is 2. The van der Waals surface area contributed by atoms with Gasteiger partial charge in [-0.05, 0) is 43.2 Å². The van der Waals surface area contributed by atoms with E-state index in [-0.39, 0.29) is 24.9 Å². The molecule has 0 radical (unpaired) electrons. The molecule has 3 aromatic rings. The first-order valence-corrected chi connectivity index (χ1v) is 8.78. The zero-order chi connectivity index (χ0) is 18.8. The molecule has 2 aromatic carbocycles. The molecule has 138 valence electrons. The van der Waals surface area contributed by atoms with Gasteiger partial charge in [0.1, 0.15) is 24.0 Å². The van der Waals surface area contributed by atoms with E-state index in [1.54, 1.807) is 35.8 Å². The number of carbonyl (C=O) groups excluding carboxylic acids is 1. The molecule has 0 spiro atoms. The van der Waals surface area contributed by atoms with Gasteiger partial charge in [0.2, 0.25) is 5.82 Å². The summed E-state index contributed by atoms with van der Waals surface area (Å²) in [6.45, 7) is 2.17. The molecule has 0 saturated heterocycles. The number of fused-ring (bicyclic) bond motifs is 3. The zero-order valence-electron chi connectivity index (χ0n) is 14.8. The highest BCUT2D eigenvalue weighted by Crippen LogP contribution is 2.29. The molecule has 0 bridgehead atoms. The first kappa shape index (κ1) is 17.2. The lowest BCUT2D eigenvalue weighted by Crippen LogP contribution is -2.18. The van der Waals surface area contributed by atoms with Crippen LogP contribution in [0.15, 0.2) is 42.5 Å². The molecule has 4 rings (SSSR count). The third-order valence-electron chi connectivity index (χ3n) is 4.45. The number of esters is 1. The van der Waals surface area contributed by atoms with E-state index >= 15 is 0 Å². The van der Waals surface area contributed by atoms with Crippen LogP contribution in [0.25, 0.3) is 5.69 Å². The smallest absolute Gasteiger partial charge is 0.376 e. The van der Waals surface area contributed by atoms with Gasteiger partial charge < -0.3 is 9.47 Å². The molecule has 0 unspecified atom stereocenters. The van der Waals surface area contributed by atoms with Crippen LogP contribution in [-0.2, 0) is 24.2 Å². The Morgan fingerprint density at radius 1 is 1.19 bits per heavy atom. The normalized spacial score (nSPS) is 12.2. The molecule has 7 heteroatoms. The fourth-order valence-electron chi connectivity index (χ4n) is 3.15. The SMILES string of the molecule is CCOC(=O)c1nnc2n1-c1ccc(OCc3ccccc3F)cc1CC2. The average molecular weight is 367 g/mol. The van der Waals surface area contributed by atoms with E-state index in [2.05, 4.69) is 10.2 Å². The number of hydrogen-bond acceptors (Lipinski definition) is 5. The Balaban J connectivity index is 1.60. The minimum absolute atomic E-state index is 0.150. The van der Waals surface area contributed by atoms with E-state index in [1.165, 1.54) is 6.07 Å². The molecule has 0 saturated carbocycles. The Kier molecular flexibility index (Phi) is 4.58. The Bertz CT molecular complexity index is 1000. The van der Waals surface area contributed by atoms with Crippen LogP contribution >= 0.6 is 0 Å². The van der Waals surface area contributed by atoms with Crippen molar-refractivity contribution in [1.29, 1.82) is 0 Å². The second-order valence-electron chi connectivity index (χ2n) is 6.17. The summed E-state index contributed by atoms with van der Waals surface area (Å²) in [7, 11) is 0. The number of aromatic nitrogens is 3.